The van der Waals surface area contributed by atoms with Crippen molar-refractivity contribution in [3.63, 3.8) is 0 Å². The Hall–Kier alpha value is -3.14. The van der Waals surface area contributed by atoms with Gasteiger partial charge in [-0.15, -0.1) is 0 Å². The van der Waals surface area contributed by atoms with Gasteiger partial charge >= 0.3 is 17.9 Å². The number of esters is 3. The average molecular weight is 451 g/mol. The smallest absolute Gasteiger partial charge is 0.303 e. The molecule has 1 aromatic carbocycles. The number of aryl methyl sites for hydroxylation is 2. The van der Waals surface area contributed by atoms with Crippen molar-refractivity contribution in [1.29, 1.82) is 0 Å². The monoisotopic (exact) mass is 451 g/mol. The van der Waals surface area contributed by atoms with Crippen molar-refractivity contribution in [1.82, 2.24) is 5.32 Å². The summed E-state index contributed by atoms with van der Waals surface area (Å²) in [6, 6.07) is 4.49. The van der Waals surface area contributed by atoms with Gasteiger partial charge < -0.3 is 29.0 Å². The SMILES string of the molecule is CC(=O)N[C@@H]1[C@H](Oc2ccc(C)cc2C)O[C@@H](COC(C)=O)[C@@H](OC(C)=O)[C@H]1OC(C)=O. The van der Waals surface area contributed by atoms with Crippen LogP contribution in [0.4, 0.5) is 0 Å². The molecule has 1 N–H and O–H groups in total. The van der Waals surface area contributed by atoms with Gasteiger partial charge in [-0.05, 0) is 25.5 Å². The van der Waals surface area contributed by atoms with Crippen molar-refractivity contribution in [2.45, 2.75) is 72.2 Å². The van der Waals surface area contributed by atoms with Crippen molar-refractivity contribution >= 4 is 23.8 Å². The van der Waals surface area contributed by atoms with Gasteiger partial charge in [0.05, 0.1) is 0 Å². The lowest BCUT2D eigenvalue weighted by atomic mass is 9.96. The molecule has 0 aromatic heterocycles. The predicted molar refractivity (Wildman–Crippen MR) is 111 cm³/mol. The Morgan fingerprint density at radius 1 is 0.938 bits per heavy atom. The van der Waals surface area contributed by atoms with Crippen LogP contribution in [0.5, 0.6) is 5.75 Å². The van der Waals surface area contributed by atoms with E-state index in [2.05, 4.69) is 5.32 Å². The Morgan fingerprint density at radius 3 is 2.09 bits per heavy atom. The first kappa shape index (κ1) is 25.1. The molecule has 1 fully saturated rings. The van der Waals surface area contributed by atoms with Crippen molar-refractivity contribution in [2.75, 3.05) is 6.61 Å². The fourth-order valence-corrected chi connectivity index (χ4v) is 3.45. The zero-order valence-corrected chi connectivity index (χ0v) is 19.0. The largest absolute Gasteiger partial charge is 0.463 e. The number of ether oxygens (including phenoxy) is 5. The van der Waals surface area contributed by atoms with Crippen LogP contribution in [0.3, 0.4) is 0 Å². The molecule has 1 aliphatic heterocycles. The highest BCUT2D eigenvalue weighted by Crippen LogP contribution is 2.30. The third-order valence-electron chi connectivity index (χ3n) is 4.64. The summed E-state index contributed by atoms with van der Waals surface area (Å²) in [5.41, 5.74) is 1.84. The van der Waals surface area contributed by atoms with Crippen LogP contribution in [0.1, 0.15) is 38.8 Å². The van der Waals surface area contributed by atoms with Gasteiger partial charge in [0.2, 0.25) is 12.2 Å². The lowest BCUT2D eigenvalue weighted by Gasteiger charge is -2.44. The van der Waals surface area contributed by atoms with Crippen molar-refractivity contribution in [3.8, 4) is 5.75 Å². The van der Waals surface area contributed by atoms with Gasteiger partial charge in [-0.2, -0.15) is 0 Å². The molecule has 176 valence electrons. The topological polar surface area (TPSA) is 126 Å². The zero-order chi connectivity index (χ0) is 24.0. The molecule has 10 nitrogen and oxygen atoms in total. The molecule has 0 bridgehead atoms. The molecular formula is C22H29NO9. The Kier molecular flexibility index (Phi) is 8.59. The van der Waals surface area contributed by atoms with Crippen LogP contribution in [0.15, 0.2) is 18.2 Å². The van der Waals surface area contributed by atoms with Gasteiger partial charge in [-0.3, -0.25) is 19.2 Å². The summed E-state index contributed by atoms with van der Waals surface area (Å²) in [5, 5.41) is 2.66. The lowest BCUT2D eigenvalue weighted by molar-refractivity contribution is -0.257. The fraction of sp³-hybridized carbons (Fsp3) is 0.545. The quantitative estimate of drug-likeness (QED) is 0.483. The Morgan fingerprint density at radius 2 is 1.56 bits per heavy atom. The first-order valence-electron chi connectivity index (χ1n) is 10.1. The minimum Gasteiger partial charge on any atom is -0.463 e. The van der Waals surface area contributed by atoms with E-state index < -0.39 is 54.5 Å². The molecule has 0 aliphatic carbocycles. The van der Waals surface area contributed by atoms with Crippen LogP contribution >= 0.6 is 0 Å². The van der Waals surface area contributed by atoms with Crippen molar-refractivity contribution in [2.24, 2.45) is 0 Å². The number of rotatable bonds is 7. The molecule has 1 heterocycles. The fourth-order valence-electron chi connectivity index (χ4n) is 3.45. The van der Waals surface area contributed by atoms with Gasteiger partial charge in [0, 0.05) is 27.7 Å². The molecule has 0 radical (unpaired) electrons. The molecule has 32 heavy (non-hydrogen) atoms. The maximum absolute atomic E-state index is 11.9. The Labute approximate surface area is 186 Å². The second-order valence-electron chi connectivity index (χ2n) is 7.61. The second kappa shape index (κ2) is 10.9. The first-order valence-corrected chi connectivity index (χ1v) is 10.1. The van der Waals surface area contributed by atoms with Gasteiger partial charge in [0.15, 0.2) is 12.2 Å². The molecule has 10 heteroatoms. The Bertz CT molecular complexity index is 869. The predicted octanol–water partition coefficient (Wildman–Crippen LogP) is 1.34. The summed E-state index contributed by atoms with van der Waals surface area (Å²) in [4.78, 5) is 46.9. The third kappa shape index (κ3) is 6.94. The van der Waals surface area contributed by atoms with E-state index in [4.69, 9.17) is 23.7 Å². The van der Waals surface area contributed by atoms with Crippen molar-refractivity contribution in [3.05, 3.63) is 29.3 Å². The minimum absolute atomic E-state index is 0.287. The van der Waals surface area contributed by atoms with E-state index >= 15 is 0 Å². The van der Waals surface area contributed by atoms with Crippen molar-refractivity contribution < 1.29 is 42.9 Å². The minimum atomic E-state index is -1.16. The maximum Gasteiger partial charge on any atom is 0.303 e. The summed E-state index contributed by atoms with van der Waals surface area (Å²) in [7, 11) is 0. The number of hydrogen-bond donors (Lipinski definition) is 1. The van der Waals surface area contributed by atoms with Crippen LogP contribution in [0.25, 0.3) is 0 Å². The number of benzene rings is 1. The van der Waals surface area contributed by atoms with Gasteiger partial charge in [0.25, 0.3) is 0 Å². The molecule has 5 atom stereocenters. The number of carbonyl (C=O) groups is 4. The van der Waals surface area contributed by atoms with Crippen LogP contribution in [0, 0.1) is 13.8 Å². The van der Waals surface area contributed by atoms with E-state index in [1.54, 1.807) is 6.07 Å². The van der Waals surface area contributed by atoms with E-state index in [0.29, 0.717) is 5.75 Å². The molecule has 0 spiro atoms. The first-order chi connectivity index (χ1) is 15.0. The van der Waals surface area contributed by atoms with Gasteiger partial charge in [0.1, 0.15) is 24.5 Å². The second-order valence-corrected chi connectivity index (χ2v) is 7.61. The highest BCUT2D eigenvalue weighted by molar-refractivity contribution is 5.73. The summed E-state index contributed by atoms with van der Waals surface area (Å²) in [6.07, 6.45) is -4.48. The van der Waals surface area contributed by atoms with E-state index in [0.717, 1.165) is 11.1 Å². The highest BCUT2D eigenvalue weighted by Gasteiger charge is 2.52. The number of carbonyl (C=O) groups excluding carboxylic acids is 4. The van der Waals surface area contributed by atoms with Crippen LogP contribution in [0.2, 0.25) is 0 Å². The van der Waals surface area contributed by atoms with E-state index in [-0.39, 0.29) is 6.61 Å². The summed E-state index contributed by atoms with van der Waals surface area (Å²) >= 11 is 0. The van der Waals surface area contributed by atoms with Crippen LogP contribution in [-0.4, -0.2) is 61.1 Å². The molecule has 1 amide bonds. The third-order valence-corrected chi connectivity index (χ3v) is 4.64. The molecule has 1 aromatic rings. The van der Waals surface area contributed by atoms with Crippen LogP contribution < -0.4 is 10.1 Å². The standard InChI is InChI=1S/C22H29NO9/c1-11-7-8-17(12(2)9-11)31-22-19(23-13(3)24)21(30-16(6)27)20(29-15(5)26)18(32-22)10-28-14(4)25/h7-9,18-22H,10H2,1-6H3,(H,23,24)/t18-,19-,20+,21-,22+/m0/s1. The lowest BCUT2D eigenvalue weighted by Crippen LogP contribution is -2.67. The summed E-state index contributed by atoms with van der Waals surface area (Å²) in [6.45, 7) is 8.36. The molecular weight excluding hydrogens is 422 g/mol. The number of hydrogen-bond acceptors (Lipinski definition) is 9. The van der Waals surface area contributed by atoms with E-state index in [1.807, 2.05) is 26.0 Å². The maximum atomic E-state index is 11.9. The molecule has 0 unspecified atom stereocenters. The molecule has 1 aliphatic rings. The highest BCUT2D eigenvalue weighted by atomic mass is 16.7. The zero-order valence-electron chi connectivity index (χ0n) is 19.0. The summed E-state index contributed by atoms with van der Waals surface area (Å²) in [5.74, 6) is -1.87. The van der Waals surface area contributed by atoms with E-state index in [9.17, 15) is 19.2 Å². The van der Waals surface area contributed by atoms with Gasteiger partial charge in [-0.25, -0.2) is 0 Å². The Balaban J connectivity index is 2.47. The molecule has 2 rings (SSSR count). The molecule has 0 saturated carbocycles. The normalized spacial score (nSPS) is 24.8. The van der Waals surface area contributed by atoms with Gasteiger partial charge in [-0.1, -0.05) is 17.7 Å². The molecule has 1 saturated heterocycles. The number of amides is 1. The summed E-state index contributed by atoms with van der Waals surface area (Å²) < 4.78 is 27.9. The number of nitrogens with one attached hydrogen (secondary N) is 1. The average Bonchev–Trinajstić information content (AvgIpc) is 2.65. The van der Waals surface area contributed by atoms with E-state index in [1.165, 1.54) is 27.7 Å². The van der Waals surface area contributed by atoms with Crippen LogP contribution in [-0.2, 0) is 38.1 Å².